The van der Waals surface area contributed by atoms with Crippen molar-refractivity contribution in [1.29, 1.82) is 0 Å². The van der Waals surface area contributed by atoms with Crippen LogP contribution in [-0.2, 0) is 0 Å². The molecule has 93 valence electrons. The van der Waals surface area contributed by atoms with E-state index in [2.05, 4.69) is 12.6 Å². The summed E-state index contributed by atoms with van der Waals surface area (Å²) >= 11 is 4.44. The summed E-state index contributed by atoms with van der Waals surface area (Å²) in [6.07, 6.45) is 0. The average Bonchev–Trinajstić information content (AvgIpc) is 2.38. The third-order valence-corrected chi connectivity index (χ3v) is 3.19. The Morgan fingerprint density at radius 3 is 2.37 bits per heavy atom. The topological polar surface area (TPSA) is 26.3 Å². The van der Waals surface area contributed by atoms with Crippen LogP contribution >= 0.6 is 12.6 Å². The van der Waals surface area contributed by atoms with Gasteiger partial charge in [-0.15, -0.1) is 12.6 Å². The number of hydrogen-bond donors (Lipinski definition) is 1. The molecule has 2 aromatic rings. The number of thiol groups is 1. The van der Waals surface area contributed by atoms with Crippen LogP contribution in [0.2, 0.25) is 0 Å². The minimum Gasteiger partial charge on any atom is -0.496 e. The first-order valence-corrected chi connectivity index (χ1v) is 6.05. The molecule has 0 fully saturated rings. The Bertz CT molecular complexity index is 596. The van der Waals surface area contributed by atoms with Crippen LogP contribution in [0.3, 0.4) is 0 Å². The SMILES string of the molecule is COc1cc(C(C)=O)ccc1-c1ccccc1S.[Na]. The Balaban J connectivity index is 0.00000180. The Labute approximate surface area is 140 Å². The van der Waals surface area contributed by atoms with Crippen molar-refractivity contribution in [1.82, 2.24) is 0 Å². The van der Waals surface area contributed by atoms with Gasteiger partial charge in [-0.1, -0.05) is 24.3 Å². The van der Waals surface area contributed by atoms with Crippen LogP contribution in [-0.4, -0.2) is 42.5 Å². The van der Waals surface area contributed by atoms with Crippen LogP contribution in [0.25, 0.3) is 11.1 Å². The fourth-order valence-corrected chi connectivity index (χ4v) is 2.12. The summed E-state index contributed by atoms with van der Waals surface area (Å²) in [6, 6.07) is 13.3. The fraction of sp³-hybridized carbons (Fsp3) is 0.133. The van der Waals surface area contributed by atoms with Gasteiger partial charge in [0.1, 0.15) is 5.75 Å². The summed E-state index contributed by atoms with van der Waals surface area (Å²) in [7, 11) is 1.60. The van der Waals surface area contributed by atoms with E-state index in [-0.39, 0.29) is 35.3 Å². The predicted molar refractivity (Wildman–Crippen MR) is 81.4 cm³/mol. The van der Waals surface area contributed by atoms with Crippen molar-refractivity contribution in [2.45, 2.75) is 11.8 Å². The van der Waals surface area contributed by atoms with E-state index in [0.29, 0.717) is 11.3 Å². The molecule has 2 nitrogen and oxygen atoms in total. The molecule has 0 heterocycles. The molecule has 0 saturated heterocycles. The standard InChI is InChI=1S/C15H14O2S.Na/c1-10(16)11-7-8-12(14(9-11)17-2)13-5-3-4-6-15(13)18;/h3-9,18H,1-2H3;. The Hall–Kier alpha value is -0.740. The van der Waals surface area contributed by atoms with Gasteiger partial charge in [-0.05, 0) is 30.7 Å². The Kier molecular flexibility index (Phi) is 6.14. The van der Waals surface area contributed by atoms with Gasteiger partial charge < -0.3 is 4.74 Å². The van der Waals surface area contributed by atoms with Gasteiger partial charge in [-0.3, -0.25) is 4.79 Å². The third kappa shape index (κ3) is 3.63. The van der Waals surface area contributed by atoms with Crippen molar-refractivity contribution in [2.75, 3.05) is 7.11 Å². The zero-order valence-electron chi connectivity index (χ0n) is 11.3. The predicted octanol–water partition coefficient (Wildman–Crippen LogP) is 3.47. The Morgan fingerprint density at radius 1 is 1.11 bits per heavy atom. The van der Waals surface area contributed by atoms with Crippen LogP contribution < -0.4 is 4.74 Å². The van der Waals surface area contributed by atoms with E-state index in [1.54, 1.807) is 26.2 Å². The summed E-state index contributed by atoms with van der Waals surface area (Å²) < 4.78 is 5.36. The van der Waals surface area contributed by atoms with E-state index in [1.165, 1.54) is 0 Å². The van der Waals surface area contributed by atoms with E-state index < -0.39 is 0 Å². The van der Waals surface area contributed by atoms with Crippen LogP contribution in [0.15, 0.2) is 47.4 Å². The van der Waals surface area contributed by atoms with Gasteiger partial charge in [0, 0.05) is 45.6 Å². The molecule has 0 aliphatic heterocycles. The summed E-state index contributed by atoms with van der Waals surface area (Å²) in [5.41, 5.74) is 2.58. The average molecular weight is 281 g/mol. The van der Waals surface area contributed by atoms with Crippen molar-refractivity contribution >= 4 is 48.0 Å². The number of methoxy groups -OCH3 is 1. The first kappa shape index (κ1) is 16.3. The molecule has 0 unspecified atom stereocenters. The van der Waals surface area contributed by atoms with Gasteiger partial charge in [0.2, 0.25) is 0 Å². The molecule has 2 rings (SSSR count). The van der Waals surface area contributed by atoms with Gasteiger partial charge in [0.05, 0.1) is 7.11 Å². The smallest absolute Gasteiger partial charge is 0.159 e. The second-order valence-electron chi connectivity index (χ2n) is 3.99. The number of hydrogen-bond acceptors (Lipinski definition) is 3. The number of carbonyl (C=O) groups is 1. The molecule has 0 aromatic heterocycles. The van der Waals surface area contributed by atoms with Crippen molar-refractivity contribution in [2.24, 2.45) is 0 Å². The van der Waals surface area contributed by atoms with E-state index in [1.807, 2.05) is 30.3 Å². The fourth-order valence-electron chi connectivity index (χ4n) is 1.83. The van der Waals surface area contributed by atoms with E-state index in [4.69, 9.17) is 4.74 Å². The van der Waals surface area contributed by atoms with Crippen LogP contribution in [0.5, 0.6) is 5.75 Å². The molecule has 2 aromatic carbocycles. The van der Waals surface area contributed by atoms with Crippen molar-refractivity contribution < 1.29 is 9.53 Å². The third-order valence-electron chi connectivity index (χ3n) is 2.80. The number of Topliss-reactive ketones (excluding diaryl/α,β-unsaturated/α-hetero) is 1. The van der Waals surface area contributed by atoms with Gasteiger partial charge >= 0.3 is 0 Å². The summed E-state index contributed by atoms with van der Waals surface area (Å²) in [5.74, 6) is 0.711. The second kappa shape index (κ2) is 7.15. The largest absolute Gasteiger partial charge is 0.496 e. The molecular formula is C15H14NaO2S. The van der Waals surface area contributed by atoms with E-state index >= 15 is 0 Å². The maximum absolute atomic E-state index is 11.4. The molecule has 0 atom stereocenters. The number of ketones is 1. The van der Waals surface area contributed by atoms with Crippen LogP contribution in [0.4, 0.5) is 0 Å². The van der Waals surface area contributed by atoms with Gasteiger partial charge in [0.15, 0.2) is 5.78 Å². The molecule has 19 heavy (non-hydrogen) atoms. The van der Waals surface area contributed by atoms with Crippen LogP contribution in [0, 0.1) is 0 Å². The van der Waals surface area contributed by atoms with Crippen molar-refractivity contribution in [3.63, 3.8) is 0 Å². The monoisotopic (exact) mass is 281 g/mol. The van der Waals surface area contributed by atoms with E-state index in [0.717, 1.165) is 16.0 Å². The zero-order chi connectivity index (χ0) is 13.1. The quantitative estimate of drug-likeness (QED) is 0.529. The van der Waals surface area contributed by atoms with Crippen LogP contribution in [0.1, 0.15) is 17.3 Å². The van der Waals surface area contributed by atoms with Crippen molar-refractivity contribution in [3.8, 4) is 16.9 Å². The van der Waals surface area contributed by atoms with E-state index in [9.17, 15) is 4.79 Å². The maximum Gasteiger partial charge on any atom is 0.159 e. The first-order valence-electron chi connectivity index (χ1n) is 5.61. The molecule has 0 N–H and O–H groups in total. The number of rotatable bonds is 3. The number of carbonyl (C=O) groups excluding carboxylic acids is 1. The molecule has 0 amide bonds. The normalized spacial score (nSPS) is 9.63. The molecule has 0 aliphatic rings. The van der Waals surface area contributed by atoms with Crippen molar-refractivity contribution in [3.05, 3.63) is 48.0 Å². The number of benzene rings is 2. The summed E-state index contributed by atoms with van der Waals surface area (Å²) in [4.78, 5) is 12.2. The molecule has 0 saturated carbocycles. The zero-order valence-corrected chi connectivity index (χ0v) is 14.2. The maximum atomic E-state index is 11.4. The minimum absolute atomic E-state index is 0. The van der Waals surface area contributed by atoms with Gasteiger partial charge in [0.25, 0.3) is 0 Å². The molecule has 1 radical (unpaired) electrons. The Morgan fingerprint density at radius 2 is 1.79 bits per heavy atom. The minimum atomic E-state index is 0. The van der Waals surface area contributed by atoms with Gasteiger partial charge in [-0.2, -0.15) is 0 Å². The second-order valence-corrected chi connectivity index (χ2v) is 4.47. The number of ether oxygens (including phenoxy) is 1. The molecule has 0 aliphatic carbocycles. The van der Waals surface area contributed by atoms with Gasteiger partial charge in [-0.25, -0.2) is 0 Å². The molecule has 4 heteroatoms. The molecule has 0 spiro atoms. The summed E-state index contributed by atoms with van der Waals surface area (Å²) in [5, 5.41) is 0. The molecular weight excluding hydrogens is 267 g/mol. The first-order chi connectivity index (χ1) is 8.63. The molecule has 0 bridgehead atoms. The summed E-state index contributed by atoms with van der Waals surface area (Å²) in [6.45, 7) is 1.54.